The summed E-state index contributed by atoms with van der Waals surface area (Å²) in [6.45, 7) is 5.25. The molecule has 144 valence electrons. The average molecular weight is 362 g/mol. The van der Waals surface area contributed by atoms with Crippen LogP contribution < -0.4 is 10.6 Å². The quantitative estimate of drug-likeness (QED) is 0.208. The first-order valence-corrected chi connectivity index (χ1v) is 9.73. The van der Waals surface area contributed by atoms with Crippen LogP contribution in [0.5, 0.6) is 0 Å². The van der Waals surface area contributed by atoms with Crippen molar-refractivity contribution in [1.82, 2.24) is 15.5 Å². The molecule has 1 aliphatic heterocycles. The second-order valence-electron chi connectivity index (χ2n) is 7.16. The van der Waals surface area contributed by atoms with E-state index in [0.717, 1.165) is 39.0 Å². The fourth-order valence-electron chi connectivity index (χ4n) is 4.37. The van der Waals surface area contributed by atoms with Gasteiger partial charge in [-0.3, -0.25) is 19.5 Å². The van der Waals surface area contributed by atoms with Crippen molar-refractivity contribution in [2.75, 3.05) is 39.9 Å². The fraction of sp³-hybridized carbons (Fsp3) is 0.737. The second kappa shape index (κ2) is 8.66. The summed E-state index contributed by atoms with van der Waals surface area (Å²) in [6, 6.07) is 0. The summed E-state index contributed by atoms with van der Waals surface area (Å²) < 4.78 is 5.31. The normalized spacial score (nSPS) is 29.6. The summed E-state index contributed by atoms with van der Waals surface area (Å²) in [4.78, 5) is 30.9. The lowest BCUT2D eigenvalue weighted by atomic mass is 9.85. The maximum atomic E-state index is 12.6. The Labute approximate surface area is 155 Å². The van der Waals surface area contributed by atoms with Gasteiger partial charge in [0.05, 0.1) is 11.8 Å². The number of guanidine groups is 1. The van der Waals surface area contributed by atoms with Crippen molar-refractivity contribution >= 4 is 17.8 Å². The molecule has 4 unspecified atom stereocenters. The number of amides is 2. The molecule has 2 bridgehead atoms. The van der Waals surface area contributed by atoms with Crippen LogP contribution in [0.4, 0.5) is 0 Å². The zero-order valence-electron chi connectivity index (χ0n) is 15.7. The number of imide groups is 1. The number of rotatable bonds is 9. The Morgan fingerprint density at radius 1 is 1.15 bits per heavy atom. The summed E-state index contributed by atoms with van der Waals surface area (Å²) in [7, 11) is 1.72. The lowest BCUT2D eigenvalue weighted by molar-refractivity contribution is -0.140. The largest absolute Gasteiger partial charge is 0.382 e. The lowest BCUT2D eigenvalue weighted by Gasteiger charge is -2.18. The van der Waals surface area contributed by atoms with Gasteiger partial charge in [0.15, 0.2) is 5.96 Å². The maximum absolute atomic E-state index is 12.6. The highest BCUT2D eigenvalue weighted by Gasteiger charge is 2.58. The molecule has 2 aliphatic carbocycles. The molecule has 1 saturated carbocycles. The van der Waals surface area contributed by atoms with E-state index in [1.54, 1.807) is 7.05 Å². The second-order valence-corrected chi connectivity index (χ2v) is 7.16. The highest BCUT2D eigenvalue weighted by molar-refractivity contribution is 6.06. The van der Waals surface area contributed by atoms with Crippen molar-refractivity contribution in [2.45, 2.75) is 26.2 Å². The topological polar surface area (TPSA) is 83.0 Å². The van der Waals surface area contributed by atoms with Gasteiger partial charge < -0.3 is 15.4 Å². The molecule has 26 heavy (non-hydrogen) atoms. The summed E-state index contributed by atoms with van der Waals surface area (Å²) in [5, 5.41) is 6.43. The van der Waals surface area contributed by atoms with E-state index in [0.29, 0.717) is 19.0 Å². The molecule has 0 spiro atoms. The Hall–Kier alpha value is -1.89. The number of aliphatic imine (C=N–C) groups is 1. The summed E-state index contributed by atoms with van der Waals surface area (Å²) in [5.41, 5.74) is 0. The Morgan fingerprint density at radius 2 is 1.81 bits per heavy atom. The molecule has 4 atom stereocenters. The number of fused-ring (bicyclic) bond motifs is 5. The van der Waals surface area contributed by atoms with Crippen LogP contribution in [0, 0.1) is 23.7 Å². The number of hydrogen-bond donors (Lipinski definition) is 2. The molecule has 3 rings (SSSR count). The molecule has 7 nitrogen and oxygen atoms in total. The number of carbonyl (C=O) groups excluding carboxylic acids is 2. The minimum absolute atomic E-state index is 0.0116. The molecule has 0 radical (unpaired) electrons. The number of carbonyl (C=O) groups is 2. The number of nitrogens with one attached hydrogen (secondary N) is 2. The van der Waals surface area contributed by atoms with E-state index in [1.165, 1.54) is 4.90 Å². The molecule has 3 aliphatic rings. The molecule has 2 N–H and O–H groups in total. The van der Waals surface area contributed by atoms with Gasteiger partial charge in [-0.1, -0.05) is 12.2 Å². The predicted octanol–water partition coefficient (Wildman–Crippen LogP) is 0.775. The average Bonchev–Trinajstić information content (AvgIpc) is 3.32. The predicted molar refractivity (Wildman–Crippen MR) is 99.5 cm³/mol. The van der Waals surface area contributed by atoms with Crippen LogP contribution in [-0.4, -0.2) is 62.6 Å². The van der Waals surface area contributed by atoms with E-state index < -0.39 is 0 Å². The van der Waals surface area contributed by atoms with Crippen molar-refractivity contribution in [3.05, 3.63) is 12.2 Å². The number of likely N-dealkylation sites (tertiary alicyclic amines) is 1. The standard InChI is InChI=1S/C19H30N4O3/c1-3-26-11-5-4-8-21-19(20-2)22-9-10-23-17(24)15-13-6-7-14(12-13)16(15)18(23)25/h6-7,13-16H,3-5,8-12H2,1-2H3,(H2,20,21,22). The third-order valence-corrected chi connectivity index (χ3v) is 5.63. The van der Waals surface area contributed by atoms with Gasteiger partial charge in [0, 0.05) is 39.9 Å². The Bertz CT molecular complexity index is 559. The van der Waals surface area contributed by atoms with Gasteiger partial charge in [-0.2, -0.15) is 0 Å². The van der Waals surface area contributed by atoms with Gasteiger partial charge in [-0.25, -0.2) is 0 Å². The number of hydrogen-bond acceptors (Lipinski definition) is 4. The third-order valence-electron chi connectivity index (χ3n) is 5.63. The van der Waals surface area contributed by atoms with E-state index in [1.807, 2.05) is 6.92 Å². The first-order chi connectivity index (χ1) is 12.7. The molecule has 0 aromatic rings. The van der Waals surface area contributed by atoms with Crippen molar-refractivity contribution in [2.24, 2.45) is 28.7 Å². The van der Waals surface area contributed by atoms with Crippen LogP contribution in [0.15, 0.2) is 17.1 Å². The monoisotopic (exact) mass is 362 g/mol. The van der Waals surface area contributed by atoms with Crippen LogP contribution in [0.2, 0.25) is 0 Å². The van der Waals surface area contributed by atoms with Gasteiger partial charge in [-0.05, 0) is 38.0 Å². The molecule has 0 aromatic heterocycles. The molecule has 7 heteroatoms. The van der Waals surface area contributed by atoms with Gasteiger partial charge in [0.25, 0.3) is 0 Å². The van der Waals surface area contributed by atoms with Crippen molar-refractivity contribution in [3.63, 3.8) is 0 Å². The van der Waals surface area contributed by atoms with Crippen molar-refractivity contribution in [1.29, 1.82) is 0 Å². The van der Waals surface area contributed by atoms with E-state index >= 15 is 0 Å². The first kappa shape index (κ1) is 18.9. The van der Waals surface area contributed by atoms with Crippen LogP contribution in [0.3, 0.4) is 0 Å². The minimum atomic E-state index is -0.111. The number of nitrogens with zero attached hydrogens (tertiary/aromatic N) is 2. The summed E-state index contributed by atoms with van der Waals surface area (Å²) >= 11 is 0. The molecule has 1 heterocycles. The molecule has 0 aromatic carbocycles. The number of ether oxygens (including phenoxy) is 1. The van der Waals surface area contributed by atoms with E-state index in [4.69, 9.17) is 4.74 Å². The Kier molecular flexibility index (Phi) is 6.29. The molecule has 2 amide bonds. The van der Waals surface area contributed by atoms with Crippen LogP contribution in [0.25, 0.3) is 0 Å². The van der Waals surface area contributed by atoms with Crippen LogP contribution in [-0.2, 0) is 14.3 Å². The highest BCUT2D eigenvalue weighted by atomic mass is 16.5. The van der Waals surface area contributed by atoms with Gasteiger partial charge in [0.2, 0.25) is 11.8 Å². The molecular formula is C19H30N4O3. The smallest absolute Gasteiger partial charge is 0.233 e. The van der Waals surface area contributed by atoms with Gasteiger partial charge in [0.1, 0.15) is 0 Å². The third kappa shape index (κ3) is 3.77. The Morgan fingerprint density at radius 3 is 2.42 bits per heavy atom. The van der Waals surface area contributed by atoms with E-state index in [2.05, 4.69) is 27.8 Å². The Balaban J connectivity index is 1.38. The molecule has 2 fully saturated rings. The maximum Gasteiger partial charge on any atom is 0.233 e. The molecule has 1 saturated heterocycles. The summed E-state index contributed by atoms with van der Waals surface area (Å²) in [5.74, 6) is 1.04. The zero-order valence-corrected chi connectivity index (χ0v) is 15.7. The summed E-state index contributed by atoms with van der Waals surface area (Å²) in [6.07, 6.45) is 7.22. The number of unbranched alkanes of at least 4 members (excludes halogenated alkanes) is 1. The lowest BCUT2D eigenvalue weighted by Crippen LogP contribution is -2.43. The van der Waals surface area contributed by atoms with Gasteiger partial charge in [-0.15, -0.1) is 0 Å². The van der Waals surface area contributed by atoms with Gasteiger partial charge >= 0.3 is 0 Å². The van der Waals surface area contributed by atoms with E-state index in [-0.39, 0.29) is 35.5 Å². The highest BCUT2D eigenvalue weighted by Crippen LogP contribution is 2.52. The minimum Gasteiger partial charge on any atom is -0.382 e. The first-order valence-electron chi connectivity index (χ1n) is 9.73. The van der Waals surface area contributed by atoms with Crippen LogP contribution in [0.1, 0.15) is 26.2 Å². The van der Waals surface area contributed by atoms with Crippen LogP contribution >= 0.6 is 0 Å². The SMILES string of the molecule is CCOCCCCNC(=NC)NCCN1C(=O)C2C3C=CC(C3)C2C1=O. The van der Waals surface area contributed by atoms with Crippen molar-refractivity contribution in [3.8, 4) is 0 Å². The van der Waals surface area contributed by atoms with E-state index in [9.17, 15) is 9.59 Å². The van der Waals surface area contributed by atoms with Crippen molar-refractivity contribution < 1.29 is 14.3 Å². The molecular weight excluding hydrogens is 332 g/mol. The zero-order chi connectivity index (χ0) is 18.5. The number of allylic oxidation sites excluding steroid dienone is 2. The fourth-order valence-corrected chi connectivity index (χ4v) is 4.37.